The van der Waals surface area contributed by atoms with E-state index in [0.29, 0.717) is 11.3 Å². The first kappa shape index (κ1) is 24.2. The molecule has 1 saturated heterocycles. The number of aromatic hydroxyl groups is 1. The summed E-state index contributed by atoms with van der Waals surface area (Å²) in [6.45, 7) is 12.2. The number of amidine groups is 1. The number of phenolic OH excluding ortho intramolecular Hbond substituents is 1. The van der Waals surface area contributed by atoms with Crippen LogP contribution < -0.4 is 5.32 Å². The van der Waals surface area contributed by atoms with Crippen LogP contribution in [0.3, 0.4) is 0 Å². The van der Waals surface area contributed by atoms with Crippen molar-refractivity contribution in [3.8, 4) is 5.75 Å². The summed E-state index contributed by atoms with van der Waals surface area (Å²) in [6, 6.07) is 5.86. The molecule has 0 amide bonds. The van der Waals surface area contributed by atoms with E-state index >= 15 is 0 Å². The summed E-state index contributed by atoms with van der Waals surface area (Å²) in [5, 5.41) is 28.3. The third-order valence-electron chi connectivity index (χ3n) is 7.29. The van der Waals surface area contributed by atoms with Crippen LogP contribution in [0.1, 0.15) is 69.2 Å². The minimum Gasteiger partial charge on any atom is -0.507 e. The van der Waals surface area contributed by atoms with E-state index in [4.69, 9.17) is 0 Å². The fourth-order valence-electron chi connectivity index (χ4n) is 5.08. The normalized spacial score (nSPS) is 18.6. The van der Waals surface area contributed by atoms with Crippen molar-refractivity contribution in [3.63, 3.8) is 0 Å². The van der Waals surface area contributed by atoms with Crippen molar-refractivity contribution in [2.45, 2.75) is 53.4 Å². The van der Waals surface area contributed by atoms with Crippen LogP contribution in [0.2, 0.25) is 0 Å². The standard InChI is InChI=1S/C28H35N7O/c1-5-20-13-25(31-32-27(14-20)34-11-9-29-10-12-34)24-8-7-22(16-26(24)36)23-15-21(6-2)18(3)28-30-19(4)33-35(28)17-23/h7-8,13,16-17,29,36H,5-6,9-12,14-15H2,1-4H3. The Balaban J connectivity index is 1.49. The summed E-state index contributed by atoms with van der Waals surface area (Å²) >= 11 is 0. The summed E-state index contributed by atoms with van der Waals surface area (Å²) < 4.78 is 1.87. The Labute approximate surface area is 212 Å². The number of nitrogens with one attached hydrogen (secondary N) is 1. The second-order valence-electron chi connectivity index (χ2n) is 9.64. The van der Waals surface area contributed by atoms with Gasteiger partial charge in [0.15, 0.2) is 5.82 Å². The zero-order valence-electron chi connectivity index (χ0n) is 21.7. The highest BCUT2D eigenvalue weighted by Crippen LogP contribution is 2.35. The molecule has 188 valence electrons. The first-order chi connectivity index (χ1) is 17.5. The molecule has 0 spiro atoms. The Morgan fingerprint density at radius 2 is 1.83 bits per heavy atom. The molecule has 0 unspecified atom stereocenters. The van der Waals surface area contributed by atoms with Crippen molar-refractivity contribution in [2.75, 3.05) is 26.2 Å². The number of piperazine rings is 1. The van der Waals surface area contributed by atoms with E-state index in [1.165, 1.54) is 16.7 Å². The zero-order valence-corrected chi connectivity index (χ0v) is 21.7. The van der Waals surface area contributed by atoms with Crippen LogP contribution in [0.15, 0.2) is 45.6 Å². The van der Waals surface area contributed by atoms with Gasteiger partial charge in [0.1, 0.15) is 17.4 Å². The van der Waals surface area contributed by atoms with Gasteiger partial charge in [-0.3, -0.25) is 0 Å². The van der Waals surface area contributed by atoms with Gasteiger partial charge < -0.3 is 15.3 Å². The number of hydrogen-bond acceptors (Lipinski definition) is 7. The van der Waals surface area contributed by atoms with Crippen LogP contribution in [-0.2, 0) is 0 Å². The fraction of sp³-hybridized carbons (Fsp3) is 0.429. The number of fused-ring (bicyclic) bond motifs is 1. The molecule has 1 fully saturated rings. The van der Waals surface area contributed by atoms with Crippen molar-refractivity contribution in [1.29, 1.82) is 0 Å². The number of hydrogen-bond donors (Lipinski definition) is 2. The Kier molecular flexibility index (Phi) is 6.87. The number of benzene rings is 1. The highest BCUT2D eigenvalue weighted by Gasteiger charge is 2.21. The van der Waals surface area contributed by atoms with Crippen LogP contribution in [0.25, 0.3) is 17.3 Å². The van der Waals surface area contributed by atoms with Crippen LogP contribution in [0, 0.1) is 6.92 Å². The van der Waals surface area contributed by atoms with Gasteiger partial charge in [0, 0.05) is 44.4 Å². The molecule has 1 aromatic heterocycles. The molecule has 2 aromatic rings. The lowest BCUT2D eigenvalue weighted by Gasteiger charge is -2.29. The SMILES string of the molecule is CCC1=CC(c2ccc(C3=Cn4nc(C)nc4C(C)=C(CC)C3)cc2O)=NN=C(N2CCNCC2)C1. The number of aromatic nitrogens is 3. The van der Waals surface area contributed by atoms with Crippen LogP contribution in [0.5, 0.6) is 5.75 Å². The van der Waals surface area contributed by atoms with Crippen molar-refractivity contribution in [1.82, 2.24) is 25.0 Å². The molecule has 8 nitrogen and oxygen atoms in total. The first-order valence-corrected chi connectivity index (χ1v) is 12.9. The van der Waals surface area contributed by atoms with Crippen LogP contribution in [-0.4, -0.2) is 62.5 Å². The van der Waals surface area contributed by atoms with Gasteiger partial charge in [-0.15, -0.1) is 10.2 Å². The Bertz CT molecular complexity index is 1320. The van der Waals surface area contributed by atoms with Gasteiger partial charge in [-0.1, -0.05) is 31.1 Å². The molecule has 0 saturated carbocycles. The van der Waals surface area contributed by atoms with Gasteiger partial charge >= 0.3 is 0 Å². The topological polar surface area (TPSA) is 90.9 Å². The molecule has 3 aliphatic heterocycles. The number of allylic oxidation sites excluding steroid dienone is 4. The highest BCUT2D eigenvalue weighted by molar-refractivity contribution is 6.12. The highest BCUT2D eigenvalue weighted by atomic mass is 16.3. The molecule has 8 heteroatoms. The summed E-state index contributed by atoms with van der Waals surface area (Å²) in [6.07, 6.45) is 7.57. The molecule has 0 aliphatic carbocycles. The van der Waals surface area contributed by atoms with Crippen molar-refractivity contribution in [2.24, 2.45) is 10.2 Å². The third-order valence-corrected chi connectivity index (χ3v) is 7.29. The molecule has 0 atom stereocenters. The number of rotatable bonds is 4. The van der Waals surface area contributed by atoms with E-state index in [2.05, 4.69) is 63.4 Å². The molecule has 4 heterocycles. The van der Waals surface area contributed by atoms with Gasteiger partial charge in [-0.05, 0) is 68.0 Å². The quantitative estimate of drug-likeness (QED) is 0.659. The minimum absolute atomic E-state index is 0.206. The maximum absolute atomic E-state index is 11.1. The van der Waals surface area contributed by atoms with Gasteiger partial charge in [0.2, 0.25) is 0 Å². The van der Waals surface area contributed by atoms with Crippen LogP contribution >= 0.6 is 0 Å². The Hall–Kier alpha value is -3.52. The lowest BCUT2D eigenvalue weighted by Crippen LogP contribution is -2.46. The Morgan fingerprint density at radius 3 is 2.56 bits per heavy atom. The lowest BCUT2D eigenvalue weighted by molar-refractivity contribution is 0.352. The molecule has 0 radical (unpaired) electrons. The van der Waals surface area contributed by atoms with E-state index in [-0.39, 0.29) is 5.75 Å². The average Bonchev–Trinajstić information content (AvgIpc) is 3.05. The summed E-state index contributed by atoms with van der Waals surface area (Å²) in [5.41, 5.74) is 7.24. The minimum atomic E-state index is 0.206. The van der Waals surface area contributed by atoms with Gasteiger partial charge in [0.05, 0.1) is 5.71 Å². The van der Waals surface area contributed by atoms with Gasteiger partial charge in [-0.25, -0.2) is 9.67 Å². The summed E-state index contributed by atoms with van der Waals surface area (Å²) in [4.78, 5) is 6.95. The molecule has 2 N–H and O–H groups in total. The second kappa shape index (κ2) is 10.2. The summed E-state index contributed by atoms with van der Waals surface area (Å²) in [5.74, 6) is 2.86. The van der Waals surface area contributed by atoms with Crippen LogP contribution in [0.4, 0.5) is 0 Å². The molecule has 36 heavy (non-hydrogen) atoms. The van der Waals surface area contributed by atoms with E-state index in [0.717, 1.165) is 80.5 Å². The van der Waals surface area contributed by atoms with Gasteiger partial charge in [-0.2, -0.15) is 5.10 Å². The number of aryl methyl sites for hydroxylation is 1. The van der Waals surface area contributed by atoms with E-state index < -0.39 is 0 Å². The molecule has 1 aromatic carbocycles. The summed E-state index contributed by atoms with van der Waals surface area (Å²) in [7, 11) is 0. The molecule has 5 rings (SSSR count). The van der Waals surface area contributed by atoms with E-state index in [1.807, 2.05) is 29.9 Å². The second-order valence-corrected chi connectivity index (χ2v) is 9.64. The largest absolute Gasteiger partial charge is 0.507 e. The zero-order chi connectivity index (χ0) is 25.2. The average molecular weight is 486 g/mol. The monoisotopic (exact) mass is 485 g/mol. The smallest absolute Gasteiger partial charge is 0.158 e. The first-order valence-electron chi connectivity index (χ1n) is 12.9. The number of phenols is 1. The molecule has 3 aliphatic rings. The Morgan fingerprint density at radius 1 is 1.03 bits per heavy atom. The van der Waals surface area contributed by atoms with Crippen molar-refractivity contribution < 1.29 is 5.11 Å². The van der Waals surface area contributed by atoms with Crippen molar-refractivity contribution >= 4 is 28.9 Å². The van der Waals surface area contributed by atoms with Crippen molar-refractivity contribution in [3.05, 3.63) is 58.2 Å². The molecular weight excluding hydrogens is 450 g/mol. The lowest BCUT2D eigenvalue weighted by atomic mass is 9.93. The maximum Gasteiger partial charge on any atom is 0.158 e. The maximum atomic E-state index is 11.1. The van der Waals surface area contributed by atoms with E-state index in [1.54, 1.807) is 0 Å². The fourth-order valence-corrected chi connectivity index (χ4v) is 5.08. The number of nitrogens with zero attached hydrogens (tertiary/aromatic N) is 6. The molecular formula is C28H35N7O. The predicted molar refractivity (Wildman–Crippen MR) is 146 cm³/mol. The van der Waals surface area contributed by atoms with E-state index in [9.17, 15) is 5.11 Å². The molecule has 0 bridgehead atoms. The predicted octanol–water partition coefficient (Wildman–Crippen LogP) is 4.63. The third kappa shape index (κ3) is 4.78. The van der Waals surface area contributed by atoms with Gasteiger partial charge in [0.25, 0.3) is 0 Å².